The summed E-state index contributed by atoms with van der Waals surface area (Å²) in [4.78, 5) is 35.5. The number of hydrogen-bond donors (Lipinski definition) is 4. The Bertz CT molecular complexity index is 2130. The standard InChI is InChI=1S/C41H43FN6O4/c1-41-14-13-28-27-9-8-26(49)16-23(27)15-22(35(28)30(41)10-11-33(41)51)5-12-34(52)46-25-6-3-21(4-7-25)38-37(40-44-20-45-48(40)2)39-36-29(32(50)19-43-39)17-24(42)18-31(36)47-38/h3-4,6-9,16-18,20,22,28,30,33,35,37-38,47,49,51H,5,10-15,19H2,1-2H3,(H,46,52)/t22?,28-,30+,33+,35-,37-,38-,41+/m1/s1. The van der Waals surface area contributed by atoms with E-state index in [9.17, 15) is 24.2 Å². The maximum Gasteiger partial charge on any atom is 0.224 e. The molecule has 3 heterocycles. The average molecular weight is 703 g/mol. The number of aromatic nitrogens is 3. The molecule has 10 nitrogen and oxygen atoms in total. The summed E-state index contributed by atoms with van der Waals surface area (Å²) in [7, 11) is 1.81. The van der Waals surface area contributed by atoms with Crippen LogP contribution in [-0.4, -0.2) is 55.0 Å². The van der Waals surface area contributed by atoms with Crippen molar-refractivity contribution in [3.63, 3.8) is 0 Å². The number of anilines is 2. The van der Waals surface area contributed by atoms with E-state index in [2.05, 4.69) is 33.7 Å². The highest BCUT2D eigenvalue weighted by Gasteiger charge is 2.56. The summed E-state index contributed by atoms with van der Waals surface area (Å²) in [5.74, 6) is 1.25. The van der Waals surface area contributed by atoms with Crippen LogP contribution in [0, 0.1) is 29.0 Å². The number of phenols is 1. The van der Waals surface area contributed by atoms with Gasteiger partial charge < -0.3 is 20.8 Å². The molecule has 2 fully saturated rings. The minimum atomic E-state index is -0.491. The number of rotatable bonds is 6. The Labute approximate surface area is 301 Å². The predicted molar refractivity (Wildman–Crippen MR) is 194 cm³/mol. The van der Waals surface area contributed by atoms with Crippen molar-refractivity contribution in [2.75, 3.05) is 17.2 Å². The molecule has 8 atom stereocenters. The first kappa shape index (κ1) is 33.0. The van der Waals surface area contributed by atoms with Gasteiger partial charge in [-0.2, -0.15) is 5.10 Å². The number of Topliss-reactive ketones (excluding diaryl/α,β-unsaturated/α-hetero) is 1. The fourth-order valence-corrected chi connectivity index (χ4v) is 10.7. The molecule has 5 aliphatic rings. The number of ketones is 1. The maximum atomic E-state index is 14.7. The summed E-state index contributed by atoms with van der Waals surface area (Å²) in [6.45, 7) is 2.21. The van der Waals surface area contributed by atoms with Crippen molar-refractivity contribution in [2.24, 2.45) is 35.2 Å². The molecule has 0 saturated heterocycles. The number of carbonyl (C=O) groups excluding carboxylic acids is 2. The summed E-state index contributed by atoms with van der Waals surface area (Å²) < 4.78 is 16.4. The average Bonchev–Trinajstić information content (AvgIpc) is 3.69. The monoisotopic (exact) mass is 702 g/mol. The fourth-order valence-electron chi connectivity index (χ4n) is 10.7. The number of nitrogens with zero attached hydrogens (tertiary/aromatic N) is 4. The number of fused-ring (bicyclic) bond motifs is 5. The van der Waals surface area contributed by atoms with E-state index in [0.717, 1.165) is 44.1 Å². The van der Waals surface area contributed by atoms with Crippen molar-refractivity contribution in [1.82, 2.24) is 14.8 Å². The van der Waals surface area contributed by atoms with Crippen LogP contribution in [0.1, 0.15) is 102 Å². The third-order valence-electron chi connectivity index (χ3n) is 13.1. The number of aryl methyl sites for hydroxylation is 1. The molecule has 3 aromatic carbocycles. The minimum Gasteiger partial charge on any atom is -0.508 e. The van der Waals surface area contributed by atoms with Gasteiger partial charge in [0, 0.05) is 36.0 Å². The molecule has 4 aromatic rings. The number of phenolic OH excluding ortho intramolecular Hbond substituents is 1. The number of nitrogens with one attached hydrogen (secondary N) is 2. The van der Waals surface area contributed by atoms with Gasteiger partial charge in [-0.3, -0.25) is 19.3 Å². The molecule has 2 saturated carbocycles. The zero-order chi connectivity index (χ0) is 35.9. The van der Waals surface area contributed by atoms with Crippen molar-refractivity contribution < 1.29 is 24.2 Å². The Morgan fingerprint density at radius 3 is 2.73 bits per heavy atom. The van der Waals surface area contributed by atoms with Gasteiger partial charge >= 0.3 is 0 Å². The highest BCUT2D eigenvalue weighted by molar-refractivity contribution is 6.21. The van der Waals surface area contributed by atoms with Crippen LogP contribution in [0.15, 0.2) is 65.9 Å². The van der Waals surface area contributed by atoms with E-state index in [1.165, 1.54) is 29.6 Å². The molecule has 2 aliphatic heterocycles. The topological polar surface area (TPSA) is 142 Å². The van der Waals surface area contributed by atoms with Crippen LogP contribution >= 0.6 is 0 Å². The Balaban J connectivity index is 0.940. The van der Waals surface area contributed by atoms with Gasteiger partial charge in [-0.25, -0.2) is 9.37 Å². The lowest BCUT2D eigenvalue weighted by Gasteiger charge is -2.53. The number of aliphatic imine (C=N–C) groups is 1. The normalized spacial score (nSPS) is 30.0. The molecule has 4 N–H and O–H groups in total. The number of aliphatic hydroxyl groups is 1. The zero-order valence-corrected chi connectivity index (χ0v) is 29.3. The summed E-state index contributed by atoms with van der Waals surface area (Å²) in [6.07, 6.45) is 7.00. The van der Waals surface area contributed by atoms with Gasteiger partial charge in [-0.05, 0) is 121 Å². The van der Waals surface area contributed by atoms with E-state index < -0.39 is 17.8 Å². The summed E-state index contributed by atoms with van der Waals surface area (Å²) in [5, 5.41) is 32.2. The van der Waals surface area contributed by atoms with Gasteiger partial charge in [0.25, 0.3) is 0 Å². The number of aromatic hydroxyl groups is 1. The maximum absolute atomic E-state index is 14.7. The van der Waals surface area contributed by atoms with Crippen LogP contribution in [0.25, 0.3) is 0 Å². The molecule has 1 unspecified atom stereocenters. The van der Waals surface area contributed by atoms with Crippen molar-refractivity contribution in [1.29, 1.82) is 0 Å². The summed E-state index contributed by atoms with van der Waals surface area (Å²) in [6, 6.07) is 15.7. The van der Waals surface area contributed by atoms with Crippen molar-refractivity contribution in [2.45, 2.75) is 75.9 Å². The number of benzene rings is 3. The van der Waals surface area contributed by atoms with Gasteiger partial charge in [0.2, 0.25) is 5.91 Å². The van der Waals surface area contributed by atoms with Crippen molar-refractivity contribution in [3.05, 3.63) is 100 Å². The van der Waals surface area contributed by atoms with E-state index in [1.54, 1.807) is 10.7 Å². The molecule has 52 heavy (non-hydrogen) atoms. The van der Waals surface area contributed by atoms with Crippen LogP contribution in [0.5, 0.6) is 5.75 Å². The molecule has 3 aliphatic carbocycles. The van der Waals surface area contributed by atoms with Crippen LogP contribution in [-0.2, 0) is 18.3 Å². The SMILES string of the molecule is Cn1ncnc1[C@H]1C2=NCC(=O)c3cc(F)cc(c32)N[C@@H]1c1ccc(NC(=O)CCC2Cc3cc(O)ccc3[C@H]3CC[C@]4(C)[C@@H](O)CC[C@H]4[C@H]23)cc1. The molecule has 1 amide bonds. The second kappa shape index (κ2) is 12.4. The van der Waals surface area contributed by atoms with Crippen LogP contribution in [0.3, 0.4) is 0 Å². The molecule has 1 aromatic heterocycles. The highest BCUT2D eigenvalue weighted by Crippen LogP contribution is 2.62. The summed E-state index contributed by atoms with van der Waals surface area (Å²) >= 11 is 0. The van der Waals surface area contributed by atoms with Gasteiger partial charge in [0.05, 0.1) is 23.8 Å². The number of halogens is 1. The molecule has 0 spiro atoms. The molecule has 268 valence electrons. The van der Waals surface area contributed by atoms with Gasteiger partial charge in [-0.1, -0.05) is 25.1 Å². The molecular weight excluding hydrogens is 659 g/mol. The minimum absolute atomic E-state index is 0.0538. The van der Waals surface area contributed by atoms with Crippen LogP contribution in [0.4, 0.5) is 15.8 Å². The first-order valence-corrected chi connectivity index (χ1v) is 18.5. The lowest BCUT2D eigenvalue weighted by Crippen LogP contribution is -2.47. The van der Waals surface area contributed by atoms with E-state index >= 15 is 0 Å². The number of amides is 1. The van der Waals surface area contributed by atoms with Crippen LogP contribution in [0.2, 0.25) is 0 Å². The molecule has 9 rings (SSSR count). The highest BCUT2D eigenvalue weighted by atomic mass is 19.1. The second-order valence-electron chi connectivity index (χ2n) is 15.8. The molecule has 0 bridgehead atoms. The predicted octanol–water partition coefficient (Wildman–Crippen LogP) is 6.46. The molecular formula is C41H43FN6O4. The fraction of sp³-hybridized carbons (Fsp3) is 0.439. The number of aliphatic hydroxyl groups excluding tert-OH is 1. The van der Waals surface area contributed by atoms with Gasteiger partial charge in [0.1, 0.15) is 30.3 Å². The third kappa shape index (κ3) is 5.26. The Kier molecular flexibility index (Phi) is 7.84. The molecule has 0 radical (unpaired) electrons. The van der Waals surface area contributed by atoms with E-state index in [-0.39, 0.29) is 41.4 Å². The van der Waals surface area contributed by atoms with Crippen molar-refractivity contribution >= 4 is 28.8 Å². The van der Waals surface area contributed by atoms with E-state index in [0.29, 0.717) is 58.2 Å². The van der Waals surface area contributed by atoms with Crippen molar-refractivity contribution in [3.8, 4) is 5.75 Å². The quantitative estimate of drug-likeness (QED) is 0.181. The number of hydrogen-bond acceptors (Lipinski definition) is 8. The first-order chi connectivity index (χ1) is 25.1. The first-order valence-electron chi connectivity index (χ1n) is 18.5. The lowest BCUT2D eigenvalue weighted by molar-refractivity contribution is -0.116. The van der Waals surface area contributed by atoms with E-state index in [4.69, 9.17) is 4.99 Å². The second-order valence-corrected chi connectivity index (χ2v) is 15.8. The molecule has 11 heteroatoms. The lowest BCUT2D eigenvalue weighted by atomic mass is 9.52. The Morgan fingerprint density at radius 1 is 1.12 bits per heavy atom. The van der Waals surface area contributed by atoms with Gasteiger partial charge in [0.15, 0.2) is 5.78 Å². The number of carbonyl (C=O) groups is 2. The largest absolute Gasteiger partial charge is 0.508 e. The van der Waals surface area contributed by atoms with E-state index in [1.807, 2.05) is 37.4 Å². The third-order valence-corrected chi connectivity index (χ3v) is 13.1. The summed E-state index contributed by atoms with van der Waals surface area (Å²) in [5.41, 5.74) is 6.11. The Morgan fingerprint density at radius 2 is 1.94 bits per heavy atom. The zero-order valence-electron chi connectivity index (χ0n) is 29.3. The van der Waals surface area contributed by atoms with Gasteiger partial charge in [-0.15, -0.1) is 0 Å². The Hall–Kier alpha value is -4.90. The smallest absolute Gasteiger partial charge is 0.224 e. The van der Waals surface area contributed by atoms with Crippen LogP contribution < -0.4 is 10.6 Å².